The molecule has 1 aromatic carbocycles. The van der Waals surface area contributed by atoms with Crippen LogP contribution in [0.15, 0.2) is 18.2 Å². The van der Waals surface area contributed by atoms with E-state index in [0.29, 0.717) is 0 Å². The van der Waals surface area contributed by atoms with Crippen LogP contribution in [0.1, 0.15) is 19.4 Å². The van der Waals surface area contributed by atoms with Gasteiger partial charge in [0.15, 0.2) is 0 Å². The smallest absolute Gasteiger partial charge is 0.308 e. The molecule has 0 amide bonds. The summed E-state index contributed by atoms with van der Waals surface area (Å²) < 4.78 is 9.60. The van der Waals surface area contributed by atoms with Crippen molar-refractivity contribution >= 4 is 11.9 Å². The number of esters is 2. The minimum Gasteiger partial charge on any atom is -0.427 e. The number of nitriles is 1. The van der Waals surface area contributed by atoms with Crippen molar-refractivity contribution in [2.45, 2.75) is 13.8 Å². The molecule has 0 radical (unpaired) electrons. The largest absolute Gasteiger partial charge is 0.427 e. The van der Waals surface area contributed by atoms with Gasteiger partial charge in [-0.15, -0.1) is 0 Å². The van der Waals surface area contributed by atoms with E-state index in [4.69, 9.17) is 14.7 Å². The van der Waals surface area contributed by atoms with Crippen LogP contribution < -0.4 is 9.47 Å². The van der Waals surface area contributed by atoms with Crippen LogP contribution in [-0.4, -0.2) is 11.9 Å². The van der Waals surface area contributed by atoms with Crippen LogP contribution in [-0.2, 0) is 9.59 Å². The molecule has 0 atom stereocenters. The van der Waals surface area contributed by atoms with Gasteiger partial charge in [-0.2, -0.15) is 5.26 Å². The van der Waals surface area contributed by atoms with Crippen molar-refractivity contribution < 1.29 is 19.1 Å². The first-order valence-corrected chi connectivity index (χ1v) is 4.43. The third-order valence-corrected chi connectivity index (χ3v) is 1.53. The van der Waals surface area contributed by atoms with Crippen molar-refractivity contribution in [3.8, 4) is 17.6 Å². The Kier molecular flexibility index (Phi) is 3.62. The third kappa shape index (κ3) is 3.42. The number of rotatable bonds is 2. The summed E-state index contributed by atoms with van der Waals surface area (Å²) in [6.07, 6.45) is 0. The summed E-state index contributed by atoms with van der Waals surface area (Å²) in [7, 11) is 0. The van der Waals surface area contributed by atoms with Crippen LogP contribution in [0.5, 0.6) is 11.5 Å². The van der Waals surface area contributed by atoms with Crippen molar-refractivity contribution in [2.24, 2.45) is 0 Å². The standard InChI is InChI=1S/C11H9NO4/c1-7(13)15-10-3-9(6-12)4-11(5-10)16-8(2)14/h3-5H,1-2H3. The number of carbonyl (C=O) groups excluding carboxylic acids is 2. The molecule has 1 rings (SSSR count). The predicted octanol–water partition coefficient (Wildman–Crippen LogP) is 1.41. The van der Waals surface area contributed by atoms with Crippen LogP contribution in [0.3, 0.4) is 0 Å². The van der Waals surface area contributed by atoms with E-state index in [2.05, 4.69) is 0 Å². The molecule has 82 valence electrons. The van der Waals surface area contributed by atoms with E-state index in [1.54, 1.807) is 0 Å². The summed E-state index contributed by atoms with van der Waals surface area (Å²) in [5.74, 6) is -0.682. The van der Waals surface area contributed by atoms with Gasteiger partial charge >= 0.3 is 11.9 Å². The highest BCUT2D eigenvalue weighted by molar-refractivity contribution is 5.71. The first-order chi connectivity index (χ1) is 7.51. The fourth-order valence-corrected chi connectivity index (χ4v) is 1.09. The minimum atomic E-state index is -0.510. The number of hydrogen-bond acceptors (Lipinski definition) is 5. The molecule has 1 aromatic rings. The van der Waals surface area contributed by atoms with Gasteiger partial charge in [0.25, 0.3) is 0 Å². The van der Waals surface area contributed by atoms with Crippen LogP contribution >= 0.6 is 0 Å². The zero-order valence-electron chi connectivity index (χ0n) is 8.81. The fourth-order valence-electron chi connectivity index (χ4n) is 1.09. The number of carbonyl (C=O) groups is 2. The third-order valence-electron chi connectivity index (χ3n) is 1.53. The van der Waals surface area contributed by atoms with Crippen molar-refractivity contribution in [2.75, 3.05) is 0 Å². The first-order valence-electron chi connectivity index (χ1n) is 4.43. The van der Waals surface area contributed by atoms with Crippen LogP contribution in [0.4, 0.5) is 0 Å². The number of hydrogen-bond donors (Lipinski definition) is 0. The van der Waals surface area contributed by atoms with Gasteiger partial charge in [0.1, 0.15) is 11.5 Å². The summed E-state index contributed by atoms with van der Waals surface area (Å²) in [4.78, 5) is 21.5. The normalized spacial score (nSPS) is 9.06. The molecule has 5 nitrogen and oxygen atoms in total. The molecule has 0 aliphatic rings. The van der Waals surface area contributed by atoms with E-state index >= 15 is 0 Å². The maximum Gasteiger partial charge on any atom is 0.308 e. The molecule has 0 saturated carbocycles. The molecular formula is C11H9NO4. The molecule has 5 heteroatoms. The van der Waals surface area contributed by atoms with E-state index in [9.17, 15) is 9.59 Å². The van der Waals surface area contributed by atoms with Gasteiger partial charge in [-0.1, -0.05) is 0 Å². The Hall–Kier alpha value is -2.35. The SMILES string of the molecule is CC(=O)Oc1cc(C#N)cc(OC(C)=O)c1. The lowest BCUT2D eigenvalue weighted by atomic mass is 10.2. The summed E-state index contributed by atoms with van der Waals surface area (Å²) in [5, 5.41) is 8.72. The lowest BCUT2D eigenvalue weighted by Crippen LogP contribution is -2.04. The molecule has 16 heavy (non-hydrogen) atoms. The summed E-state index contributed by atoms with van der Waals surface area (Å²) in [6, 6.07) is 6.00. The second kappa shape index (κ2) is 4.94. The first kappa shape index (κ1) is 11.7. The summed E-state index contributed by atoms with van der Waals surface area (Å²) in [6.45, 7) is 2.48. The molecule has 0 fully saturated rings. The molecule has 0 saturated heterocycles. The Balaban J connectivity index is 3.06. The predicted molar refractivity (Wildman–Crippen MR) is 53.8 cm³/mol. The topological polar surface area (TPSA) is 76.4 Å². The van der Waals surface area contributed by atoms with Crippen molar-refractivity contribution in [1.82, 2.24) is 0 Å². The number of nitrogens with zero attached hydrogens (tertiary/aromatic N) is 1. The Bertz CT molecular complexity index is 439. The second-order valence-corrected chi connectivity index (χ2v) is 2.99. The maximum atomic E-state index is 10.7. The van der Waals surface area contributed by atoms with Gasteiger partial charge in [0.05, 0.1) is 11.6 Å². The second-order valence-electron chi connectivity index (χ2n) is 2.99. The molecular weight excluding hydrogens is 210 g/mol. The van der Waals surface area contributed by atoms with Gasteiger partial charge in [0, 0.05) is 19.9 Å². The monoisotopic (exact) mass is 219 g/mol. The van der Waals surface area contributed by atoms with Crippen molar-refractivity contribution in [3.05, 3.63) is 23.8 Å². The molecule has 0 spiro atoms. The van der Waals surface area contributed by atoms with Crippen LogP contribution in [0.2, 0.25) is 0 Å². The van der Waals surface area contributed by atoms with Gasteiger partial charge in [-0.3, -0.25) is 9.59 Å². The molecule has 0 aliphatic carbocycles. The highest BCUT2D eigenvalue weighted by atomic mass is 16.5. The Morgan fingerprint density at radius 1 is 1.06 bits per heavy atom. The van der Waals surface area contributed by atoms with E-state index < -0.39 is 11.9 Å². The van der Waals surface area contributed by atoms with Gasteiger partial charge in [-0.25, -0.2) is 0 Å². The van der Waals surface area contributed by atoms with Gasteiger partial charge in [0.2, 0.25) is 0 Å². The Morgan fingerprint density at radius 2 is 1.50 bits per heavy atom. The molecule has 0 unspecified atom stereocenters. The van der Waals surface area contributed by atoms with Crippen LogP contribution in [0, 0.1) is 11.3 Å². The molecule has 0 aromatic heterocycles. The zero-order valence-corrected chi connectivity index (χ0v) is 8.81. The zero-order chi connectivity index (χ0) is 12.1. The maximum absolute atomic E-state index is 10.7. The lowest BCUT2D eigenvalue weighted by molar-refractivity contribution is -0.132. The average Bonchev–Trinajstić information content (AvgIpc) is 2.14. The lowest BCUT2D eigenvalue weighted by Gasteiger charge is -2.05. The highest BCUT2D eigenvalue weighted by Gasteiger charge is 2.06. The van der Waals surface area contributed by atoms with Crippen molar-refractivity contribution in [3.63, 3.8) is 0 Å². The van der Waals surface area contributed by atoms with E-state index in [1.165, 1.54) is 32.0 Å². The van der Waals surface area contributed by atoms with Crippen LogP contribution in [0.25, 0.3) is 0 Å². The van der Waals surface area contributed by atoms with E-state index in [-0.39, 0.29) is 17.1 Å². The average molecular weight is 219 g/mol. The number of ether oxygens (including phenoxy) is 2. The fraction of sp³-hybridized carbons (Fsp3) is 0.182. The summed E-state index contributed by atoms with van der Waals surface area (Å²) in [5.41, 5.74) is 0.245. The molecule has 0 N–H and O–H groups in total. The van der Waals surface area contributed by atoms with Crippen molar-refractivity contribution in [1.29, 1.82) is 5.26 Å². The molecule has 0 bridgehead atoms. The summed E-state index contributed by atoms with van der Waals surface area (Å²) >= 11 is 0. The quantitative estimate of drug-likeness (QED) is 0.555. The Morgan fingerprint density at radius 3 is 1.81 bits per heavy atom. The highest BCUT2D eigenvalue weighted by Crippen LogP contribution is 2.22. The van der Waals surface area contributed by atoms with Gasteiger partial charge < -0.3 is 9.47 Å². The van der Waals surface area contributed by atoms with E-state index in [1.807, 2.05) is 6.07 Å². The Labute approximate surface area is 92.2 Å². The molecule has 0 heterocycles. The van der Waals surface area contributed by atoms with Gasteiger partial charge in [-0.05, 0) is 12.1 Å². The number of benzene rings is 1. The minimum absolute atomic E-state index is 0.169. The van der Waals surface area contributed by atoms with E-state index in [0.717, 1.165) is 0 Å². The molecule has 0 aliphatic heterocycles.